The zero-order chi connectivity index (χ0) is 27.8. The number of nitrogens with one attached hydrogen (secondary N) is 3. The molecule has 0 saturated carbocycles. The normalized spacial score (nSPS) is 14.7. The summed E-state index contributed by atoms with van der Waals surface area (Å²) < 4.78 is 6.18. The number of carbonyl (C=O) groups is 1. The number of likely N-dealkylation sites (tertiary alicyclic amines) is 1. The van der Waals surface area contributed by atoms with Crippen molar-refractivity contribution in [3.8, 4) is 5.75 Å². The number of fused-ring (bicyclic) bond motifs is 1. The number of piperidine rings is 1. The van der Waals surface area contributed by atoms with Gasteiger partial charge in [-0.3, -0.25) is 10.2 Å². The van der Waals surface area contributed by atoms with Gasteiger partial charge in [-0.25, -0.2) is 9.79 Å². The summed E-state index contributed by atoms with van der Waals surface area (Å²) >= 11 is 0. The highest BCUT2D eigenvalue weighted by Gasteiger charge is 2.20. The first-order chi connectivity index (χ1) is 18.7. The number of ether oxygens (including phenoxy) is 1. The van der Waals surface area contributed by atoms with Crippen LogP contribution < -0.4 is 15.4 Å². The number of rotatable bonds is 8. The second-order valence-corrected chi connectivity index (χ2v) is 11.3. The molecule has 1 aliphatic rings. The number of benzene rings is 3. The molecular formula is C32H41N5O2. The van der Waals surface area contributed by atoms with Crippen molar-refractivity contribution in [2.24, 2.45) is 10.4 Å². The number of aryl methyl sites for hydroxylation is 1. The Balaban J connectivity index is 1.48. The van der Waals surface area contributed by atoms with Crippen molar-refractivity contribution >= 4 is 39.7 Å². The van der Waals surface area contributed by atoms with E-state index in [1.807, 2.05) is 88.4 Å². The van der Waals surface area contributed by atoms with Crippen LogP contribution in [0.5, 0.6) is 5.75 Å². The second kappa shape index (κ2) is 12.9. The molecule has 1 heterocycles. The van der Waals surface area contributed by atoms with Gasteiger partial charge in [0.2, 0.25) is 0 Å². The fraction of sp³-hybridized carbons (Fsp3) is 0.406. The number of nitrogens with zero attached hydrogens (tertiary/aromatic N) is 2. The number of amidine groups is 1. The Morgan fingerprint density at radius 3 is 2.36 bits per heavy atom. The highest BCUT2D eigenvalue weighted by Crippen LogP contribution is 2.32. The van der Waals surface area contributed by atoms with E-state index in [0.29, 0.717) is 23.8 Å². The van der Waals surface area contributed by atoms with Crippen LogP contribution in [0.15, 0.2) is 65.7 Å². The van der Waals surface area contributed by atoms with Crippen LogP contribution in [0.1, 0.15) is 52.0 Å². The highest BCUT2D eigenvalue weighted by molar-refractivity contribution is 6.13. The fourth-order valence-electron chi connectivity index (χ4n) is 4.58. The number of hydrogen-bond donors (Lipinski definition) is 3. The molecule has 0 aliphatic carbocycles. The van der Waals surface area contributed by atoms with Gasteiger partial charge in [-0.15, -0.1) is 0 Å². The van der Waals surface area contributed by atoms with Crippen LogP contribution in [0, 0.1) is 17.7 Å². The van der Waals surface area contributed by atoms with Gasteiger partial charge in [0.05, 0.1) is 11.4 Å². The summed E-state index contributed by atoms with van der Waals surface area (Å²) in [5.41, 5.74) is 2.72. The van der Waals surface area contributed by atoms with Crippen molar-refractivity contribution in [3.63, 3.8) is 0 Å². The topological polar surface area (TPSA) is 89.8 Å². The molecule has 1 aliphatic heterocycles. The van der Waals surface area contributed by atoms with Gasteiger partial charge in [0.15, 0.2) is 0 Å². The molecule has 1 saturated heterocycles. The Hall–Kier alpha value is -3.71. The predicted octanol–water partition coefficient (Wildman–Crippen LogP) is 7.32. The van der Waals surface area contributed by atoms with E-state index >= 15 is 0 Å². The molecule has 4 rings (SSSR count). The molecule has 39 heavy (non-hydrogen) atoms. The number of aliphatic imine (C=N–C) groups is 1. The number of hydrogen-bond acceptors (Lipinski definition) is 5. The molecule has 0 atom stereocenters. The van der Waals surface area contributed by atoms with Gasteiger partial charge in [-0.05, 0) is 62.5 Å². The van der Waals surface area contributed by atoms with Gasteiger partial charge in [-0.2, -0.15) is 0 Å². The molecule has 0 spiro atoms. The first kappa shape index (κ1) is 28.3. The molecule has 3 aromatic carbocycles. The molecule has 2 amide bonds. The minimum Gasteiger partial charge on any atom is -0.492 e. The van der Waals surface area contributed by atoms with Gasteiger partial charge in [0.1, 0.15) is 18.2 Å². The smallest absolute Gasteiger partial charge is 0.324 e. The largest absolute Gasteiger partial charge is 0.492 e. The molecule has 0 radical (unpaired) electrons. The van der Waals surface area contributed by atoms with E-state index in [1.54, 1.807) is 0 Å². The predicted molar refractivity (Wildman–Crippen MR) is 162 cm³/mol. The Bertz CT molecular complexity index is 1320. The summed E-state index contributed by atoms with van der Waals surface area (Å²) in [6.07, 6.45) is 4.10. The van der Waals surface area contributed by atoms with Crippen molar-refractivity contribution in [2.45, 2.75) is 53.4 Å². The van der Waals surface area contributed by atoms with Crippen LogP contribution in [0.4, 0.5) is 16.2 Å². The molecule has 0 unspecified atom stereocenters. The van der Waals surface area contributed by atoms with Crippen molar-refractivity contribution in [1.29, 1.82) is 5.41 Å². The van der Waals surface area contributed by atoms with Crippen LogP contribution in [0.25, 0.3) is 10.8 Å². The van der Waals surface area contributed by atoms with Crippen molar-refractivity contribution in [3.05, 3.63) is 66.2 Å². The summed E-state index contributed by atoms with van der Waals surface area (Å²) in [5, 5.41) is 16.3. The highest BCUT2D eigenvalue weighted by atomic mass is 16.5. The number of anilines is 1. The average Bonchev–Trinajstić information content (AvgIpc) is 2.91. The summed E-state index contributed by atoms with van der Waals surface area (Å²) in [7, 11) is 0. The lowest BCUT2D eigenvalue weighted by Gasteiger charge is -2.26. The van der Waals surface area contributed by atoms with E-state index in [-0.39, 0.29) is 11.8 Å². The molecule has 0 bridgehead atoms. The van der Waals surface area contributed by atoms with E-state index in [9.17, 15) is 4.79 Å². The number of urea groups is 1. The third kappa shape index (κ3) is 8.14. The zero-order valence-corrected chi connectivity index (χ0v) is 23.6. The van der Waals surface area contributed by atoms with Gasteiger partial charge >= 0.3 is 6.03 Å². The van der Waals surface area contributed by atoms with Crippen LogP contribution in [0.2, 0.25) is 0 Å². The fourth-order valence-corrected chi connectivity index (χ4v) is 4.58. The Morgan fingerprint density at radius 1 is 0.974 bits per heavy atom. The first-order valence-electron chi connectivity index (χ1n) is 13.9. The molecule has 206 valence electrons. The van der Waals surface area contributed by atoms with E-state index in [0.717, 1.165) is 47.4 Å². The third-order valence-electron chi connectivity index (χ3n) is 7.05. The van der Waals surface area contributed by atoms with Crippen molar-refractivity contribution < 1.29 is 9.53 Å². The van der Waals surface area contributed by atoms with Crippen molar-refractivity contribution in [2.75, 3.05) is 31.6 Å². The van der Waals surface area contributed by atoms with Gasteiger partial charge < -0.3 is 15.5 Å². The van der Waals surface area contributed by atoms with Crippen LogP contribution >= 0.6 is 0 Å². The lowest BCUT2D eigenvalue weighted by molar-refractivity contribution is 0.184. The van der Waals surface area contributed by atoms with E-state index in [2.05, 4.69) is 20.5 Å². The molecule has 7 heteroatoms. The van der Waals surface area contributed by atoms with Crippen molar-refractivity contribution in [1.82, 2.24) is 10.2 Å². The lowest BCUT2D eigenvalue weighted by Crippen LogP contribution is -2.37. The summed E-state index contributed by atoms with van der Waals surface area (Å²) in [6, 6.07) is 19.1. The maximum atomic E-state index is 13.2. The number of amides is 2. The molecule has 1 fully saturated rings. The molecule has 3 N–H and O–H groups in total. The Labute approximate surface area is 232 Å². The third-order valence-corrected chi connectivity index (χ3v) is 7.05. The van der Waals surface area contributed by atoms with E-state index in [1.165, 1.54) is 19.3 Å². The SMILES string of the molecule is Cc1ccc(N=C(CC(=N)C(C)(C)C)NC(=O)Nc2ccc(OCCN3CCCCC3)c3ccccc23)cc1. The Morgan fingerprint density at radius 2 is 1.67 bits per heavy atom. The summed E-state index contributed by atoms with van der Waals surface area (Å²) in [5.74, 6) is 1.24. The quantitative estimate of drug-likeness (QED) is 0.212. The minimum absolute atomic E-state index is 0.245. The lowest BCUT2D eigenvalue weighted by atomic mass is 9.88. The maximum absolute atomic E-state index is 13.2. The van der Waals surface area contributed by atoms with E-state index < -0.39 is 6.03 Å². The van der Waals surface area contributed by atoms with Crippen LogP contribution in [0.3, 0.4) is 0 Å². The van der Waals surface area contributed by atoms with Crippen LogP contribution in [-0.2, 0) is 0 Å². The monoisotopic (exact) mass is 527 g/mol. The van der Waals surface area contributed by atoms with E-state index in [4.69, 9.17) is 10.1 Å². The standard InChI is InChI=1S/C32H41N5O2/c1-23-12-14-24(15-13-23)34-30(22-29(33)32(2,3)4)36-31(38)35-27-16-17-28(26-11-7-6-10-25(26)27)39-21-20-37-18-8-5-9-19-37/h6-7,10-17,33H,5,8-9,18-22H2,1-4H3,(H2,34,35,36,38). The molecular weight excluding hydrogens is 486 g/mol. The van der Waals surface area contributed by atoms with Crippen LogP contribution in [-0.4, -0.2) is 48.7 Å². The second-order valence-electron chi connectivity index (χ2n) is 11.3. The molecule has 3 aromatic rings. The van der Waals surface area contributed by atoms with Gasteiger partial charge in [0, 0.05) is 29.4 Å². The average molecular weight is 528 g/mol. The minimum atomic E-state index is -0.397. The number of carbonyl (C=O) groups excluding carboxylic acids is 1. The molecule has 7 nitrogen and oxygen atoms in total. The molecule has 0 aromatic heterocycles. The maximum Gasteiger partial charge on any atom is 0.324 e. The summed E-state index contributed by atoms with van der Waals surface area (Å²) in [6.45, 7) is 11.8. The summed E-state index contributed by atoms with van der Waals surface area (Å²) in [4.78, 5) is 20.3. The van der Waals surface area contributed by atoms with Gasteiger partial charge in [-0.1, -0.05) is 69.2 Å². The zero-order valence-electron chi connectivity index (χ0n) is 23.6. The van der Waals surface area contributed by atoms with Gasteiger partial charge in [0.25, 0.3) is 0 Å². The first-order valence-corrected chi connectivity index (χ1v) is 13.9. The Kier molecular flexibility index (Phi) is 9.36.